The Balaban J connectivity index is 2.17. The summed E-state index contributed by atoms with van der Waals surface area (Å²) in [5, 5.41) is 0.655. The van der Waals surface area contributed by atoms with Crippen LogP contribution in [0.1, 0.15) is 47.4 Å². The van der Waals surface area contributed by atoms with E-state index in [1.807, 2.05) is 6.92 Å². The van der Waals surface area contributed by atoms with Gasteiger partial charge in [0.25, 0.3) is 11.8 Å². The number of hydrogen-bond acceptors (Lipinski definition) is 5. The van der Waals surface area contributed by atoms with Gasteiger partial charge in [-0.15, -0.1) is 5.06 Å². The third-order valence-corrected chi connectivity index (χ3v) is 3.09. The average Bonchev–Trinajstić information content (AvgIpc) is 2.72. The van der Waals surface area contributed by atoms with Crippen LogP contribution in [0.2, 0.25) is 0 Å². The zero-order valence-corrected chi connectivity index (χ0v) is 12.0. The van der Waals surface area contributed by atoms with Crippen LogP contribution in [-0.4, -0.2) is 35.6 Å². The Hall–Kier alpha value is -2.21. The second-order valence-corrected chi connectivity index (χ2v) is 4.59. The first-order valence-corrected chi connectivity index (χ1v) is 6.91. The Morgan fingerprint density at radius 1 is 1.14 bits per heavy atom. The van der Waals surface area contributed by atoms with Gasteiger partial charge in [0, 0.05) is 0 Å². The van der Waals surface area contributed by atoms with Crippen molar-refractivity contribution >= 4 is 17.8 Å². The molecule has 21 heavy (non-hydrogen) atoms. The van der Waals surface area contributed by atoms with Crippen molar-refractivity contribution in [2.75, 3.05) is 6.61 Å². The van der Waals surface area contributed by atoms with Gasteiger partial charge < -0.3 is 4.74 Å². The van der Waals surface area contributed by atoms with Crippen molar-refractivity contribution in [3.63, 3.8) is 0 Å². The molecule has 1 aliphatic heterocycles. The summed E-state index contributed by atoms with van der Waals surface area (Å²) in [6.07, 6.45) is 0.0657. The monoisotopic (exact) mass is 291 g/mol. The molecule has 1 aliphatic rings. The number of hydroxylamine groups is 2. The maximum atomic E-state index is 12.2. The minimum absolute atomic E-state index is 0.213. The van der Waals surface area contributed by atoms with Gasteiger partial charge in [-0.25, -0.2) is 9.63 Å². The van der Waals surface area contributed by atoms with Crippen LogP contribution >= 0.6 is 0 Å². The van der Waals surface area contributed by atoms with E-state index in [0.717, 1.165) is 0 Å². The maximum Gasteiger partial charge on any atom is 0.338 e. The first kappa shape index (κ1) is 15.2. The smallest absolute Gasteiger partial charge is 0.338 e. The minimum atomic E-state index is -0.961. The molecule has 1 aromatic rings. The summed E-state index contributed by atoms with van der Waals surface area (Å²) >= 11 is 0. The fourth-order valence-electron chi connectivity index (χ4n) is 2.10. The highest BCUT2D eigenvalue weighted by molar-refractivity contribution is 6.20. The lowest BCUT2D eigenvalue weighted by Gasteiger charge is -2.20. The van der Waals surface area contributed by atoms with Crippen molar-refractivity contribution in [2.45, 2.75) is 32.8 Å². The van der Waals surface area contributed by atoms with Crippen molar-refractivity contribution < 1.29 is 24.0 Å². The van der Waals surface area contributed by atoms with Crippen LogP contribution in [0.5, 0.6) is 0 Å². The summed E-state index contributed by atoms with van der Waals surface area (Å²) < 4.78 is 4.90. The van der Waals surface area contributed by atoms with Gasteiger partial charge in [0.2, 0.25) is 0 Å². The summed E-state index contributed by atoms with van der Waals surface area (Å²) in [5.74, 6) is -1.68. The van der Waals surface area contributed by atoms with E-state index in [1.54, 1.807) is 31.2 Å². The summed E-state index contributed by atoms with van der Waals surface area (Å²) in [6.45, 7) is 3.77. The number of amides is 2. The number of imide groups is 1. The lowest BCUT2D eigenvalue weighted by atomic mass is 10.1. The standard InChI is InChI=1S/C15H17NO5/c1-3-7-12(15(19)20-4-2)21-16-13(17)10-8-5-6-9-11(10)14(16)18/h5-6,8-9,12H,3-4,7H2,1-2H3. The first-order valence-electron chi connectivity index (χ1n) is 6.91. The molecule has 0 N–H and O–H groups in total. The fraction of sp³-hybridized carbons (Fsp3) is 0.400. The highest BCUT2D eigenvalue weighted by atomic mass is 16.7. The zero-order valence-electron chi connectivity index (χ0n) is 12.0. The number of nitrogens with zero attached hydrogens (tertiary/aromatic N) is 1. The number of benzene rings is 1. The van der Waals surface area contributed by atoms with Gasteiger partial charge in [-0.2, -0.15) is 0 Å². The minimum Gasteiger partial charge on any atom is -0.464 e. The van der Waals surface area contributed by atoms with Crippen molar-refractivity contribution in [1.82, 2.24) is 5.06 Å². The Morgan fingerprint density at radius 3 is 2.19 bits per heavy atom. The third kappa shape index (κ3) is 2.95. The van der Waals surface area contributed by atoms with E-state index in [4.69, 9.17) is 9.57 Å². The van der Waals surface area contributed by atoms with Crippen LogP contribution in [0.3, 0.4) is 0 Å². The first-order chi connectivity index (χ1) is 10.1. The lowest BCUT2D eigenvalue weighted by Crippen LogP contribution is -2.38. The lowest BCUT2D eigenvalue weighted by molar-refractivity contribution is -0.180. The van der Waals surface area contributed by atoms with Crippen LogP contribution < -0.4 is 0 Å². The Labute approximate surface area is 122 Å². The van der Waals surface area contributed by atoms with Crippen LogP contribution in [0.25, 0.3) is 0 Å². The summed E-state index contributed by atoms with van der Waals surface area (Å²) in [5.41, 5.74) is 0.559. The van der Waals surface area contributed by atoms with E-state index in [2.05, 4.69) is 0 Å². The van der Waals surface area contributed by atoms with Gasteiger partial charge in [0.15, 0.2) is 6.10 Å². The molecule has 0 fully saturated rings. The molecule has 0 aromatic heterocycles. The van der Waals surface area contributed by atoms with Crippen LogP contribution in [0.4, 0.5) is 0 Å². The molecule has 2 amide bonds. The van der Waals surface area contributed by atoms with Gasteiger partial charge >= 0.3 is 5.97 Å². The van der Waals surface area contributed by atoms with E-state index < -0.39 is 23.9 Å². The van der Waals surface area contributed by atoms with Gasteiger partial charge in [-0.05, 0) is 25.5 Å². The van der Waals surface area contributed by atoms with Crippen molar-refractivity contribution in [2.24, 2.45) is 0 Å². The van der Waals surface area contributed by atoms with Crippen LogP contribution in [-0.2, 0) is 14.4 Å². The average molecular weight is 291 g/mol. The highest BCUT2D eigenvalue weighted by Crippen LogP contribution is 2.24. The molecule has 0 saturated carbocycles. The molecule has 0 spiro atoms. The van der Waals surface area contributed by atoms with Gasteiger partial charge in [-0.3, -0.25) is 9.59 Å². The van der Waals surface area contributed by atoms with E-state index in [-0.39, 0.29) is 17.7 Å². The topological polar surface area (TPSA) is 72.9 Å². The highest BCUT2D eigenvalue weighted by Gasteiger charge is 2.39. The molecule has 6 nitrogen and oxygen atoms in total. The number of fused-ring (bicyclic) bond motifs is 1. The molecule has 0 saturated heterocycles. The van der Waals surface area contributed by atoms with Crippen molar-refractivity contribution in [3.8, 4) is 0 Å². The molecular formula is C15H17NO5. The Kier molecular flexibility index (Phi) is 4.70. The molecule has 0 bridgehead atoms. The number of hydrogen-bond donors (Lipinski definition) is 0. The Morgan fingerprint density at radius 2 is 1.71 bits per heavy atom. The number of rotatable bonds is 6. The second kappa shape index (κ2) is 6.49. The number of carbonyl (C=O) groups excluding carboxylic acids is 3. The van der Waals surface area contributed by atoms with E-state index in [9.17, 15) is 14.4 Å². The molecular weight excluding hydrogens is 274 g/mol. The van der Waals surface area contributed by atoms with Crippen molar-refractivity contribution in [3.05, 3.63) is 35.4 Å². The second-order valence-electron chi connectivity index (χ2n) is 4.59. The summed E-state index contributed by atoms with van der Waals surface area (Å²) in [4.78, 5) is 41.5. The number of esters is 1. The largest absolute Gasteiger partial charge is 0.464 e. The quantitative estimate of drug-likeness (QED) is 0.591. The fourth-order valence-corrected chi connectivity index (χ4v) is 2.10. The summed E-state index contributed by atoms with van der Waals surface area (Å²) in [6, 6.07) is 6.45. The molecule has 2 rings (SSSR count). The molecule has 1 atom stereocenters. The van der Waals surface area contributed by atoms with E-state index in [0.29, 0.717) is 17.9 Å². The maximum absolute atomic E-state index is 12.2. The normalized spacial score (nSPS) is 15.0. The van der Waals surface area contributed by atoms with Crippen molar-refractivity contribution in [1.29, 1.82) is 0 Å². The zero-order chi connectivity index (χ0) is 15.4. The van der Waals surface area contributed by atoms with Gasteiger partial charge in [0.05, 0.1) is 17.7 Å². The molecule has 6 heteroatoms. The third-order valence-electron chi connectivity index (χ3n) is 3.09. The summed E-state index contributed by atoms with van der Waals surface area (Å²) in [7, 11) is 0. The number of carbonyl (C=O) groups is 3. The molecule has 0 aliphatic carbocycles. The van der Waals surface area contributed by atoms with E-state index in [1.165, 1.54) is 0 Å². The van der Waals surface area contributed by atoms with E-state index >= 15 is 0 Å². The SMILES string of the molecule is CCCC(ON1C(=O)c2ccccc2C1=O)C(=O)OCC. The molecule has 1 heterocycles. The van der Waals surface area contributed by atoms with Gasteiger partial charge in [0.1, 0.15) is 0 Å². The number of ether oxygens (including phenoxy) is 1. The molecule has 1 aromatic carbocycles. The predicted molar refractivity (Wildman–Crippen MR) is 73.4 cm³/mol. The van der Waals surface area contributed by atoms with Crippen LogP contribution in [0, 0.1) is 0 Å². The molecule has 112 valence electrons. The predicted octanol–water partition coefficient (Wildman–Crippen LogP) is 1.95. The molecule has 1 unspecified atom stereocenters. The van der Waals surface area contributed by atoms with Gasteiger partial charge in [-0.1, -0.05) is 25.5 Å². The van der Waals surface area contributed by atoms with Crippen LogP contribution in [0.15, 0.2) is 24.3 Å². The molecule has 0 radical (unpaired) electrons. The Bertz CT molecular complexity index is 534.